The number of anilines is 1. The molecule has 0 saturated heterocycles. The van der Waals surface area contributed by atoms with Gasteiger partial charge in [0, 0.05) is 11.4 Å². The van der Waals surface area contributed by atoms with Crippen molar-refractivity contribution in [1.82, 2.24) is 15.2 Å². The standard InChI is InChI=1S/C24H32N4O6S/c1-7-32-16-9-17-14(2)8-19(26-20(17)18(10-16)23(3,4)5)21-27-28-22(34-21)25-15-11-24(29,12-15)13-33-35(6,30)31/h8-10,15,29H,7,11-13H2,1-6H3,(H,25,28)/t15-,24-. The Balaban J connectivity index is 1.55. The molecular weight excluding hydrogens is 472 g/mol. The zero-order chi connectivity index (χ0) is 25.6. The molecule has 4 rings (SSSR count). The maximum absolute atomic E-state index is 11.2. The average molecular weight is 505 g/mol. The molecule has 1 saturated carbocycles. The second-order valence-corrected chi connectivity index (χ2v) is 11.9. The molecule has 190 valence electrons. The summed E-state index contributed by atoms with van der Waals surface area (Å²) in [5.74, 6) is 1.09. The average Bonchev–Trinajstić information content (AvgIpc) is 3.19. The van der Waals surface area contributed by atoms with Crippen molar-refractivity contribution in [2.75, 3.05) is 24.8 Å². The number of pyridine rings is 1. The van der Waals surface area contributed by atoms with Crippen LogP contribution in [0.3, 0.4) is 0 Å². The van der Waals surface area contributed by atoms with E-state index in [1.165, 1.54) is 0 Å². The Morgan fingerprint density at radius 2 is 1.94 bits per heavy atom. The summed E-state index contributed by atoms with van der Waals surface area (Å²) in [5.41, 5.74) is 2.14. The number of aryl methyl sites for hydroxylation is 1. The minimum absolute atomic E-state index is 0.146. The van der Waals surface area contributed by atoms with Crippen LogP contribution in [0.5, 0.6) is 5.75 Å². The third-order valence-corrected chi connectivity index (χ3v) is 6.52. The highest BCUT2D eigenvalue weighted by Crippen LogP contribution is 2.37. The molecule has 2 aromatic heterocycles. The van der Waals surface area contributed by atoms with Crippen molar-refractivity contribution in [2.45, 2.75) is 64.5 Å². The second kappa shape index (κ2) is 9.03. The van der Waals surface area contributed by atoms with E-state index in [0.717, 1.165) is 34.0 Å². The van der Waals surface area contributed by atoms with Crippen LogP contribution in [-0.4, -0.2) is 59.8 Å². The molecule has 11 heteroatoms. The van der Waals surface area contributed by atoms with Gasteiger partial charge in [-0.05, 0) is 61.4 Å². The van der Waals surface area contributed by atoms with E-state index in [1.807, 2.05) is 32.0 Å². The topological polar surface area (TPSA) is 137 Å². The molecule has 0 spiro atoms. The van der Waals surface area contributed by atoms with Crippen molar-refractivity contribution in [3.63, 3.8) is 0 Å². The van der Waals surface area contributed by atoms with Gasteiger partial charge in [0.2, 0.25) is 0 Å². The first kappa shape index (κ1) is 25.3. The minimum atomic E-state index is -3.61. The molecular formula is C24H32N4O6S. The Morgan fingerprint density at radius 3 is 2.57 bits per heavy atom. The van der Waals surface area contributed by atoms with Crippen LogP contribution in [0, 0.1) is 6.92 Å². The molecule has 0 bridgehead atoms. The molecule has 1 aliphatic carbocycles. The second-order valence-electron chi connectivity index (χ2n) is 10.2. The lowest BCUT2D eigenvalue weighted by Crippen LogP contribution is -2.53. The summed E-state index contributed by atoms with van der Waals surface area (Å²) in [6, 6.07) is 6.01. The number of aliphatic hydroxyl groups is 1. The van der Waals surface area contributed by atoms with Gasteiger partial charge in [-0.15, -0.1) is 5.10 Å². The normalized spacial score (nSPS) is 20.6. The molecule has 0 radical (unpaired) electrons. The van der Waals surface area contributed by atoms with Crippen molar-refractivity contribution in [3.05, 3.63) is 29.3 Å². The van der Waals surface area contributed by atoms with Gasteiger partial charge in [0.05, 0.1) is 30.6 Å². The van der Waals surface area contributed by atoms with Gasteiger partial charge in [0.1, 0.15) is 11.4 Å². The number of ether oxygens (including phenoxy) is 1. The molecule has 1 aromatic carbocycles. The highest BCUT2D eigenvalue weighted by atomic mass is 32.2. The highest BCUT2D eigenvalue weighted by Gasteiger charge is 2.44. The summed E-state index contributed by atoms with van der Waals surface area (Å²) in [5, 5.41) is 22.7. The van der Waals surface area contributed by atoms with Gasteiger partial charge in [-0.3, -0.25) is 4.18 Å². The van der Waals surface area contributed by atoms with E-state index in [4.69, 9.17) is 18.3 Å². The van der Waals surface area contributed by atoms with E-state index >= 15 is 0 Å². The van der Waals surface area contributed by atoms with Gasteiger partial charge >= 0.3 is 6.01 Å². The number of benzene rings is 1. The third kappa shape index (κ3) is 5.74. The van der Waals surface area contributed by atoms with Crippen molar-refractivity contribution in [2.24, 2.45) is 0 Å². The fraction of sp³-hybridized carbons (Fsp3) is 0.542. The van der Waals surface area contributed by atoms with Gasteiger partial charge in [-0.25, -0.2) is 4.98 Å². The fourth-order valence-electron chi connectivity index (χ4n) is 4.25. The monoisotopic (exact) mass is 504 g/mol. The Hall–Kier alpha value is -2.76. The van der Waals surface area contributed by atoms with Crippen molar-refractivity contribution >= 4 is 27.0 Å². The summed E-state index contributed by atoms with van der Waals surface area (Å²) < 4.78 is 38.7. The van der Waals surface area contributed by atoms with Crippen LogP contribution < -0.4 is 10.1 Å². The number of nitrogens with zero attached hydrogens (tertiary/aromatic N) is 3. The SMILES string of the molecule is CCOc1cc(C(C)(C)C)c2nc(-c3nnc(N[C@H]4C[C@@](O)(COS(C)(=O)=O)C4)o3)cc(C)c2c1. The molecule has 0 unspecified atom stereocenters. The van der Waals surface area contributed by atoms with E-state index in [-0.39, 0.29) is 30.0 Å². The molecule has 35 heavy (non-hydrogen) atoms. The van der Waals surface area contributed by atoms with Crippen LogP contribution in [0.15, 0.2) is 22.6 Å². The first-order chi connectivity index (χ1) is 16.3. The molecule has 1 fully saturated rings. The largest absolute Gasteiger partial charge is 0.494 e. The first-order valence-corrected chi connectivity index (χ1v) is 13.3. The molecule has 0 atom stereocenters. The predicted molar refractivity (Wildman–Crippen MR) is 132 cm³/mol. The zero-order valence-electron chi connectivity index (χ0n) is 20.9. The lowest BCUT2D eigenvalue weighted by Gasteiger charge is -2.42. The number of aromatic nitrogens is 3. The summed E-state index contributed by atoms with van der Waals surface area (Å²) in [6.07, 6.45) is 1.55. The Bertz CT molecular complexity index is 1340. The molecule has 3 aromatic rings. The maximum Gasteiger partial charge on any atom is 0.316 e. The van der Waals surface area contributed by atoms with Crippen molar-refractivity contribution < 1.29 is 26.9 Å². The van der Waals surface area contributed by atoms with Gasteiger partial charge in [-0.1, -0.05) is 25.9 Å². The van der Waals surface area contributed by atoms with E-state index in [9.17, 15) is 13.5 Å². The van der Waals surface area contributed by atoms with Crippen LogP contribution in [0.2, 0.25) is 0 Å². The predicted octanol–water partition coefficient (Wildman–Crippen LogP) is 3.57. The number of hydrogen-bond donors (Lipinski definition) is 2. The summed E-state index contributed by atoms with van der Waals surface area (Å²) in [7, 11) is -3.61. The molecule has 1 aliphatic rings. The number of rotatable bonds is 8. The van der Waals surface area contributed by atoms with Crippen LogP contribution in [0.1, 0.15) is 51.7 Å². The Kier molecular flexibility index (Phi) is 6.54. The maximum atomic E-state index is 11.2. The summed E-state index contributed by atoms with van der Waals surface area (Å²) >= 11 is 0. The summed E-state index contributed by atoms with van der Waals surface area (Å²) in [4.78, 5) is 4.88. The van der Waals surface area contributed by atoms with E-state index in [1.54, 1.807) is 0 Å². The Labute approximate surface area is 205 Å². The Morgan fingerprint density at radius 1 is 1.23 bits per heavy atom. The van der Waals surface area contributed by atoms with Crippen molar-refractivity contribution in [1.29, 1.82) is 0 Å². The molecule has 2 heterocycles. The molecule has 10 nitrogen and oxygen atoms in total. The lowest BCUT2D eigenvalue weighted by atomic mass is 9.76. The summed E-state index contributed by atoms with van der Waals surface area (Å²) in [6.45, 7) is 10.7. The van der Waals surface area contributed by atoms with Crippen LogP contribution in [0.25, 0.3) is 22.5 Å². The van der Waals surface area contributed by atoms with Crippen molar-refractivity contribution in [3.8, 4) is 17.3 Å². The van der Waals surface area contributed by atoms with Crippen LogP contribution >= 0.6 is 0 Å². The lowest BCUT2D eigenvalue weighted by molar-refractivity contribution is -0.0720. The number of nitrogens with one attached hydrogen (secondary N) is 1. The molecule has 0 amide bonds. The van der Waals surface area contributed by atoms with Gasteiger partial charge in [0.15, 0.2) is 0 Å². The van der Waals surface area contributed by atoms with Gasteiger partial charge in [0.25, 0.3) is 16.0 Å². The first-order valence-electron chi connectivity index (χ1n) is 11.5. The molecule has 2 N–H and O–H groups in total. The smallest absolute Gasteiger partial charge is 0.316 e. The van der Waals surface area contributed by atoms with Crippen LogP contribution in [-0.2, 0) is 19.7 Å². The zero-order valence-corrected chi connectivity index (χ0v) is 21.7. The van der Waals surface area contributed by atoms with E-state index in [0.29, 0.717) is 25.1 Å². The van der Waals surface area contributed by atoms with Gasteiger partial charge < -0.3 is 19.6 Å². The van der Waals surface area contributed by atoms with E-state index in [2.05, 4.69) is 36.3 Å². The number of fused-ring (bicyclic) bond motifs is 1. The minimum Gasteiger partial charge on any atom is -0.494 e. The molecule has 0 aliphatic heterocycles. The fourth-order valence-corrected chi connectivity index (χ4v) is 4.68. The third-order valence-electron chi connectivity index (χ3n) is 5.98. The van der Waals surface area contributed by atoms with Gasteiger partial charge in [-0.2, -0.15) is 8.42 Å². The highest BCUT2D eigenvalue weighted by molar-refractivity contribution is 7.85. The quantitative estimate of drug-likeness (QED) is 0.438. The number of hydrogen-bond acceptors (Lipinski definition) is 10. The van der Waals surface area contributed by atoms with E-state index < -0.39 is 15.7 Å². The van der Waals surface area contributed by atoms with Crippen LogP contribution in [0.4, 0.5) is 6.01 Å².